The molecule has 13 heterocycles. The summed E-state index contributed by atoms with van der Waals surface area (Å²) in [5, 5.41) is 56.7. The molecule has 0 radical (unpaired) electrons. The van der Waals surface area contributed by atoms with Crippen molar-refractivity contribution >= 4 is 0 Å². The molecule has 32 atom stereocenters. The van der Waals surface area contributed by atoms with Gasteiger partial charge in [0, 0.05) is 50.4 Å². The average molecular weight is 1060 g/mol. The van der Waals surface area contributed by atoms with Crippen LogP contribution in [0.25, 0.3) is 0 Å². The first kappa shape index (κ1) is 52.8. The van der Waals surface area contributed by atoms with E-state index in [1.807, 2.05) is 19.1 Å². The molecule has 10 fully saturated rings. The number of fused-ring (bicyclic) bond motifs is 11. The van der Waals surface area contributed by atoms with Gasteiger partial charge in [0.25, 0.3) is 0 Å². The minimum absolute atomic E-state index is 0.0930. The normalized spacial score (nSPS) is 59.5. The summed E-state index contributed by atoms with van der Waals surface area (Å²) in [6, 6.07) is 0. The van der Waals surface area contributed by atoms with Crippen LogP contribution < -0.4 is 0 Å². The van der Waals surface area contributed by atoms with Crippen LogP contribution >= 0.6 is 0 Å². The molecule has 18 nitrogen and oxygen atoms in total. The summed E-state index contributed by atoms with van der Waals surface area (Å²) in [7, 11) is 0. The quantitative estimate of drug-likeness (QED) is 0.220. The zero-order valence-corrected chi connectivity index (χ0v) is 44.2. The molecule has 0 amide bonds. The van der Waals surface area contributed by atoms with Crippen LogP contribution in [0, 0.1) is 23.7 Å². The molecule has 13 rings (SSSR count). The highest BCUT2D eigenvalue weighted by molar-refractivity contribution is 5.14. The number of ether oxygens (including phenoxy) is 13. The Bertz CT molecular complexity index is 2100. The Labute approximate surface area is 440 Å². The second-order valence-electron chi connectivity index (χ2n) is 25.3. The van der Waals surface area contributed by atoms with E-state index in [-0.39, 0.29) is 104 Å². The van der Waals surface area contributed by atoms with Gasteiger partial charge < -0.3 is 87.1 Å². The van der Waals surface area contributed by atoms with Gasteiger partial charge in [-0.2, -0.15) is 0 Å². The molecule has 13 aliphatic heterocycles. The van der Waals surface area contributed by atoms with E-state index < -0.39 is 103 Å². The van der Waals surface area contributed by atoms with Gasteiger partial charge in [-0.25, -0.2) is 0 Å². The van der Waals surface area contributed by atoms with E-state index in [1.165, 1.54) is 0 Å². The molecular formula is C57H84O18. The Hall–Kier alpha value is -1.50. The Balaban J connectivity index is 0.689. The average Bonchev–Trinajstić information content (AvgIpc) is 3.67. The predicted molar refractivity (Wildman–Crippen MR) is 264 cm³/mol. The molecule has 0 aromatic carbocycles. The molecule has 0 aromatic rings. The lowest BCUT2D eigenvalue weighted by atomic mass is 9.76. The Morgan fingerprint density at radius 1 is 0.453 bits per heavy atom. The van der Waals surface area contributed by atoms with E-state index >= 15 is 0 Å². The summed E-state index contributed by atoms with van der Waals surface area (Å²) in [4.78, 5) is 0. The molecule has 0 saturated carbocycles. The van der Waals surface area contributed by atoms with Gasteiger partial charge in [-0.3, -0.25) is 0 Å². The molecule has 0 bridgehead atoms. The maximum atomic E-state index is 12.4. The smallest absolute Gasteiger partial charge is 0.171 e. The van der Waals surface area contributed by atoms with Gasteiger partial charge in [-0.05, 0) is 57.3 Å². The summed E-state index contributed by atoms with van der Waals surface area (Å²) in [5.41, 5.74) is -1.02. The highest BCUT2D eigenvalue weighted by atomic mass is 16.7. The minimum Gasteiger partial charge on any atom is -0.390 e. The molecule has 0 unspecified atom stereocenters. The fourth-order valence-electron chi connectivity index (χ4n) is 15.9. The fourth-order valence-corrected chi connectivity index (χ4v) is 15.9. The molecule has 75 heavy (non-hydrogen) atoms. The molecule has 1 spiro atoms. The SMILES string of the molecule is C[C@@H]1C[C@@H]2O[C@@H]3[C@@H](C)[C@H](O)[C@@H]4O[C@]5(CCCO5)[C@@H](C)[C@H](C)[C@H]4O[C@H]3C[C@H]2O[C@H]2C[C@H]3O[C@H]4C/C=C\C[C@H]5O[C@H]6C=C[C@H]7O[C@H]8[C@H](O)[C@H]9OC[C@@H](O)[C@H](O)C[C@@H]9O[C@@H]8C[C@@H]7O[C@@H]6C/C=C\[C@@H]5O[C@@H]4C[C@@H](O)[C@]3(C)O[C@@H]2C1. The van der Waals surface area contributed by atoms with Crippen molar-refractivity contribution in [2.75, 3.05) is 13.2 Å². The van der Waals surface area contributed by atoms with Crippen molar-refractivity contribution in [2.24, 2.45) is 23.7 Å². The van der Waals surface area contributed by atoms with Gasteiger partial charge in [-0.1, -0.05) is 64.2 Å². The van der Waals surface area contributed by atoms with Crippen LogP contribution in [0.2, 0.25) is 0 Å². The van der Waals surface area contributed by atoms with Crippen LogP contribution in [0.15, 0.2) is 36.5 Å². The van der Waals surface area contributed by atoms with Gasteiger partial charge in [0.15, 0.2) is 5.79 Å². The maximum Gasteiger partial charge on any atom is 0.171 e. The van der Waals surface area contributed by atoms with E-state index in [0.717, 1.165) is 25.7 Å². The molecule has 10 saturated heterocycles. The zero-order chi connectivity index (χ0) is 51.7. The molecule has 420 valence electrons. The van der Waals surface area contributed by atoms with Crippen molar-refractivity contribution in [1.29, 1.82) is 0 Å². The second kappa shape index (κ2) is 20.8. The molecule has 18 heteroatoms. The highest BCUT2D eigenvalue weighted by Gasteiger charge is 2.62. The standard InChI is InChI=1S/C57H84O18/c1-26-18-38-40(22-45-51(72-38)28(3)49(61)55-52(73-45)27(2)29(4)57(75-55)16-9-17-64-57)68-42-24-48-56(5,74-43(42)19-26)47(60)23-41-35(70-48)11-7-6-10-32-33(67-41)12-8-13-34-36(65-32)14-15-37-39(66-34)21-46-54(71-37)50(62)53-44(69-46)20-30(58)31(59)25-63-53/h6-8,12,14-15,26-55,58-62H,9-11,13,16-25H2,1-5H3/b7-6-,12-8-/t26-,27+,28+,29+,30-,31-,32-,33+,34-,35+,36+,37-,38+,39+,40-,41-,42+,43-,44+,45+,46-,47-,48-,49+,50-,51-,52-,53+,54-,55+,56+,57-/m1/s1. The van der Waals surface area contributed by atoms with Crippen molar-refractivity contribution in [3.8, 4) is 0 Å². The van der Waals surface area contributed by atoms with E-state index in [0.29, 0.717) is 51.6 Å². The zero-order valence-electron chi connectivity index (χ0n) is 44.2. The maximum absolute atomic E-state index is 12.4. The predicted octanol–water partition coefficient (Wildman–Crippen LogP) is 3.27. The van der Waals surface area contributed by atoms with Crippen molar-refractivity contribution in [1.82, 2.24) is 0 Å². The fraction of sp³-hybridized carbons (Fsp3) is 0.895. The van der Waals surface area contributed by atoms with Crippen LogP contribution in [-0.2, 0) is 61.6 Å². The highest BCUT2D eigenvalue weighted by Crippen LogP contribution is 2.52. The lowest BCUT2D eigenvalue weighted by Gasteiger charge is -2.53. The topological polar surface area (TPSA) is 221 Å². The summed E-state index contributed by atoms with van der Waals surface area (Å²) in [6.07, 6.45) is 5.99. The number of rotatable bonds is 0. The second-order valence-corrected chi connectivity index (χ2v) is 25.3. The van der Waals surface area contributed by atoms with Gasteiger partial charge in [0.1, 0.15) is 54.4 Å². The third-order valence-electron chi connectivity index (χ3n) is 20.5. The molecule has 0 aromatic heterocycles. The van der Waals surface area contributed by atoms with Crippen LogP contribution in [0.1, 0.15) is 112 Å². The Morgan fingerprint density at radius 2 is 1.08 bits per heavy atom. The number of aliphatic hydroxyl groups excluding tert-OH is 5. The molecular weight excluding hydrogens is 973 g/mol. The molecule has 5 N–H and O–H groups in total. The number of hydrogen-bond donors (Lipinski definition) is 5. The first-order valence-corrected chi connectivity index (χ1v) is 29.0. The van der Waals surface area contributed by atoms with Crippen LogP contribution in [0.4, 0.5) is 0 Å². The van der Waals surface area contributed by atoms with Gasteiger partial charge in [0.2, 0.25) is 0 Å². The summed E-state index contributed by atoms with van der Waals surface area (Å²) >= 11 is 0. The van der Waals surface area contributed by atoms with E-state index in [1.54, 1.807) is 0 Å². The third kappa shape index (κ3) is 9.53. The van der Waals surface area contributed by atoms with Crippen molar-refractivity contribution in [3.05, 3.63) is 36.5 Å². The first-order valence-electron chi connectivity index (χ1n) is 29.0. The largest absolute Gasteiger partial charge is 0.390 e. The monoisotopic (exact) mass is 1060 g/mol. The van der Waals surface area contributed by atoms with Crippen molar-refractivity contribution in [2.45, 2.75) is 282 Å². The van der Waals surface area contributed by atoms with Gasteiger partial charge in [0.05, 0.1) is 123 Å². The summed E-state index contributed by atoms with van der Waals surface area (Å²) in [5.74, 6) is -0.510. The van der Waals surface area contributed by atoms with Gasteiger partial charge in [-0.15, -0.1) is 0 Å². The van der Waals surface area contributed by atoms with Crippen LogP contribution in [0.5, 0.6) is 0 Å². The van der Waals surface area contributed by atoms with Crippen molar-refractivity contribution < 1.29 is 87.1 Å². The number of aliphatic hydroxyl groups is 5. The molecule has 13 aliphatic rings. The van der Waals surface area contributed by atoms with Crippen LogP contribution in [-0.4, -0.2) is 209 Å². The summed E-state index contributed by atoms with van der Waals surface area (Å²) < 4.78 is 88.6. The first-order chi connectivity index (χ1) is 36.1. The van der Waals surface area contributed by atoms with Crippen molar-refractivity contribution in [3.63, 3.8) is 0 Å². The molecule has 0 aliphatic carbocycles. The minimum atomic E-state index is -1.05. The van der Waals surface area contributed by atoms with Gasteiger partial charge >= 0.3 is 0 Å². The summed E-state index contributed by atoms with van der Waals surface area (Å²) in [6.45, 7) is 11.3. The van der Waals surface area contributed by atoms with E-state index in [4.69, 9.17) is 61.6 Å². The van der Waals surface area contributed by atoms with E-state index in [2.05, 4.69) is 52.0 Å². The Morgan fingerprint density at radius 3 is 1.89 bits per heavy atom. The van der Waals surface area contributed by atoms with E-state index in [9.17, 15) is 25.5 Å². The Kier molecular flexibility index (Phi) is 14.7. The number of hydrogen-bond acceptors (Lipinski definition) is 18. The van der Waals surface area contributed by atoms with Crippen LogP contribution in [0.3, 0.4) is 0 Å². The lowest BCUT2D eigenvalue weighted by Crippen LogP contribution is -2.63. The lowest BCUT2D eigenvalue weighted by molar-refractivity contribution is -0.339. The third-order valence-corrected chi connectivity index (χ3v) is 20.5.